The number of imidazole rings is 1. The molecule has 5 aromatic heterocycles. The normalized spacial score (nSPS) is 10.9. The van der Waals surface area contributed by atoms with Crippen LogP contribution in [-0.2, 0) is 12.8 Å². The second-order valence-corrected chi connectivity index (χ2v) is 10.3. The van der Waals surface area contributed by atoms with Crippen LogP contribution in [0.2, 0.25) is 0 Å². The Balaban J connectivity index is 1.17. The lowest BCUT2D eigenvalue weighted by Gasteiger charge is -2.15. The van der Waals surface area contributed by atoms with Gasteiger partial charge in [0.2, 0.25) is 0 Å². The summed E-state index contributed by atoms with van der Waals surface area (Å²) in [6, 6.07) is 10.2. The van der Waals surface area contributed by atoms with Crippen LogP contribution in [0.3, 0.4) is 0 Å². The standard InChI is InChI=1S/C30H24N12O7/c1-49-23-13-18(29(45)46)21(33-28(44)20-6-8-25-37-39-40-42(25)38-20)12-17(23)4-2-3-16-11-22(26(30(47)48)32-14-16)34-27(43)19-5-7-24(36-35-19)41-10-9-31-15-41/h5-15H,2-4H2,1H3,(H,33,44)(H,34,43)(H,45,46)(H,47,48). The quantitative estimate of drug-likeness (QED) is 0.146. The van der Waals surface area contributed by atoms with Crippen LogP contribution in [-0.4, -0.2) is 91.1 Å². The van der Waals surface area contributed by atoms with Crippen LogP contribution in [0, 0.1) is 0 Å². The predicted molar refractivity (Wildman–Crippen MR) is 167 cm³/mol. The number of hydrogen-bond acceptors (Lipinski definition) is 13. The van der Waals surface area contributed by atoms with Gasteiger partial charge >= 0.3 is 11.9 Å². The number of fused-ring (bicyclic) bond motifs is 1. The van der Waals surface area contributed by atoms with Crippen molar-refractivity contribution in [3.63, 3.8) is 0 Å². The fourth-order valence-electron chi connectivity index (χ4n) is 4.81. The van der Waals surface area contributed by atoms with Gasteiger partial charge in [-0.25, -0.2) is 19.6 Å². The van der Waals surface area contributed by atoms with E-state index in [1.165, 1.54) is 56.0 Å². The number of anilines is 2. The van der Waals surface area contributed by atoms with Gasteiger partial charge in [-0.15, -0.1) is 25.0 Å². The van der Waals surface area contributed by atoms with Gasteiger partial charge in [-0.1, -0.05) is 0 Å². The van der Waals surface area contributed by atoms with E-state index in [1.807, 2.05) is 0 Å². The van der Waals surface area contributed by atoms with Gasteiger partial charge in [-0.05, 0) is 83.3 Å². The van der Waals surface area contributed by atoms with Gasteiger partial charge in [0.1, 0.15) is 12.1 Å². The number of aromatic carboxylic acids is 2. The number of nitrogens with one attached hydrogen (secondary N) is 2. The molecule has 19 heteroatoms. The van der Waals surface area contributed by atoms with E-state index in [2.05, 4.69) is 51.4 Å². The molecule has 0 aliphatic rings. The van der Waals surface area contributed by atoms with Crippen molar-refractivity contribution >= 4 is 40.8 Å². The maximum atomic E-state index is 13.0. The third-order valence-electron chi connectivity index (χ3n) is 7.16. The fourth-order valence-corrected chi connectivity index (χ4v) is 4.81. The summed E-state index contributed by atoms with van der Waals surface area (Å²) in [7, 11) is 1.40. The Hall–Kier alpha value is -7.18. The molecule has 0 bridgehead atoms. The second-order valence-electron chi connectivity index (χ2n) is 10.3. The molecule has 1 aromatic carbocycles. The van der Waals surface area contributed by atoms with E-state index in [0.29, 0.717) is 41.9 Å². The van der Waals surface area contributed by atoms with Crippen molar-refractivity contribution < 1.29 is 34.1 Å². The minimum absolute atomic E-state index is 0.0190. The molecule has 246 valence electrons. The first-order valence-electron chi connectivity index (χ1n) is 14.4. The van der Waals surface area contributed by atoms with Crippen molar-refractivity contribution in [1.82, 2.24) is 50.0 Å². The number of carbonyl (C=O) groups is 4. The maximum absolute atomic E-state index is 13.0. The Labute approximate surface area is 274 Å². The van der Waals surface area contributed by atoms with Gasteiger partial charge < -0.3 is 25.6 Å². The average molecular weight is 665 g/mol. The average Bonchev–Trinajstić information content (AvgIpc) is 3.81. The number of amides is 2. The highest BCUT2D eigenvalue weighted by Crippen LogP contribution is 2.29. The number of ether oxygens (including phenoxy) is 1. The van der Waals surface area contributed by atoms with Crippen molar-refractivity contribution in [1.29, 1.82) is 0 Å². The molecule has 0 aliphatic heterocycles. The molecule has 6 aromatic rings. The molecule has 0 saturated heterocycles. The number of carboxylic acids is 2. The highest BCUT2D eigenvalue weighted by atomic mass is 16.5. The summed E-state index contributed by atoms with van der Waals surface area (Å²) in [6.07, 6.45) is 7.37. The van der Waals surface area contributed by atoms with Gasteiger partial charge in [0.15, 0.2) is 28.5 Å². The Morgan fingerprint density at radius 1 is 0.878 bits per heavy atom. The smallest absolute Gasteiger partial charge is 0.356 e. The molecule has 0 aliphatic carbocycles. The van der Waals surface area contributed by atoms with E-state index < -0.39 is 23.8 Å². The Morgan fingerprint density at radius 2 is 1.67 bits per heavy atom. The zero-order valence-electron chi connectivity index (χ0n) is 25.4. The molecule has 2 amide bonds. The lowest BCUT2D eigenvalue weighted by atomic mass is 10.0. The monoisotopic (exact) mass is 664 g/mol. The molecule has 5 heterocycles. The molecule has 49 heavy (non-hydrogen) atoms. The number of aryl methyl sites for hydroxylation is 2. The van der Waals surface area contributed by atoms with E-state index in [9.17, 15) is 29.4 Å². The summed E-state index contributed by atoms with van der Waals surface area (Å²) >= 11 is 0. The number of benzene rings is 1. The Kier molecular flexibility index (Phi) is 8.87. The largest absolute Gasteiger partial charge is 0.496 e. The van der Waals surface area contributed by atoms with E-state index in [0.717, 1.165) is 4.63 Å². The van der Waals surface area contributed by atoms with Crippen molar-refractivity contribution in [2.24, 2.45) is 0 Å². The number of carboxylic acid groups (broad SMARTS) is 2. The topological polar surface area (TPSA) is 254 Å². The molecule has 19 nitrogen and oxygen atoms in total. The third-order valence-corrected chi connectivity index (χ3v) is 7.16. The minimum Gasteiger partial charge on any atom is -0.496 e. The van der Waals surface area contributed by atoms with Crippen molar-refractivity contribution in [2.45, 2.75) is 19.3 Å². The number of rotatable bonds is 12. The minimum atomic E-state index is -1.34. The van der Waals surface area contributed by atoms with Crippen LogP contribution < -0.4 is 15.4 Å². The van der Waals surface area contributed by atoms with Gasteiger partial charge in [0, 0.05) is 18.6 Å². The maximum Gasteiger partial charge on any atom is 0.356 e. The molecule has 0 fully saturated rings. The number of aromatic nitrogens is 10. The van der Waals surface area contributed by atoms with Crippen LogP contribution in [0.1, 0.15) is 59.4 Å². The lowest BCUT2D eigenvalue weighted by Crippen LogP contribution is -2.18. The molecule has 0 atom stereocenters. The first kappa shape index (κ1) is 31.8. The summed E-state index contributed by atoms with van der Waals surface area (Å²) in [5, 5.41) is 47.5. The number of nitrogens with zero attached hydrogens (tertiary/aromatic N) is 10. The van der Waals surface area contributed by atoms with Crippen molar-refractivity contribution in [3.8, 4) is 11.6 Å². The van der Waals surface area contributed by atoms with E-state index >= 15 is 0 Å². The first-order chi connectivity index (χ1) is 23.7. The van der Waals surface area contributed by atoms with Crippen LogP contribution in [0.4, 0.5) is 11.4 Å². The first-order valence-corrected chi connectivity index (χ1v) is 14.4. The zero-order chi connectivity index (χ0) is 34.5. The van der Waals surface area contributed by atoms with Gasteiger partial charge in [-0.2, -0.15) is 0 Å². The summed E-state index contributed by atoms with van der Waals surface area (Å²) < 4.78 is 8.11. The van der Waals surface area contributed by atoms with Crippen LogP contribution in [0.5, 0.6) is 5.75 Å². The summed E-state index contributed by atoms with van der Waals surface area (Å²) in [5.41, 5.74) is 0.858. The number of methoxy groups -OCH3 is 1. The van der Waals surface area contributed by atoms with E-state index in [-0.39, 0.29) is 39.8 Å². The Morgan fingerprint density at radius 3 is 2.39 bits per heavy atom. The number of hydrogen-bond donors (Lipinski definition) is 4. The summed E-state index contributed by atoms with van der Waals surface area (Å²) in [5.74, 6) is -3.27. The lowest BCUT2D eigenvalue weighted by molar-refractivity contribution is 0.0683. The van der Waals surface area contributed by atoms with Crippen LogP contribution in [0.15, 0.2) is 67.4 Å². The SMILES string of the molecule is COc1cc(C(=O)O)c(NC(=O)c2ccc3nnnn3n2)cc1CCCc1cnc(C(=O)O)c(NC(=O)c2ccc(-n3ccnc3)nn2)c1. The predicted octanol–water partition coefficient (Wildman–Crippen LogP) is 1.97. The summed E-state index contributed by atoms with van der Waals surface area (Å²) in [4.78, 5) is 57.8. The molecule has 4 N–H and O–H groups in total. The molecule has 0 radical (unpaired) electrons. The third kappa shape index (κ3) is 6.99. The molecule has 0 saturated carbocycles. The highest BCUT2D eigenvalue weighted by molar-refractivity contribution is 6.07. The second kappa shape index (κ2) is 13.7. The summed E-state index contributed by atoms with van der Waals surface area (Å²) in [6.45, 7) is 0. The fraction of sp³-hybridized carbons (Fsp3) is 0.133. The number of pyridine rings is 1. The van der Waals surface area contributed by atoms with Gasteiger partial charge in [0.25, 0.3) is 11.8 Å². The highest BCUT2D eigenvalue weighted by Gasteiger charge is 2.21. The molecule has 6 rings (SSSR count). The number of tetrazole rings is 1. The molecular weight excluding hydrogens is 640 g/mol. The molecule has 0 unspecified atom stereocenters. The van der Waals surface area contributed by atoms with Crippen LogP contribution >= 0.6 is 0 Å². The van der Waals surface area contributed by atoms with E-state index in [1.54, 1.807) is 23.0 Å². The Bertz CT molecular complexity index is 2200. The molecule has 0 spiro atoms. The molecular formula is C30H24N12O7. The van der Waals surface area contributed by atoms with Crippen molar-refractivity contribution in [2.75, 3.05) is 17.7 Å². The van der Waals surface area contributed by atoms with E-state index in [4.69, 9.17) is 4.74 Å². The van der Waals surface area contributed by atoms with Gasteiger partial charge in [0.05, 0.1) is 24.0 Å². The zero-order valence-corrected chi connectivity index (χ0v) is 25.4. The number of carbonyl (C=O) groups excluding carboxylic acids is 2. The van der Waals surface area contributed by atoms with Crippen LogP contribution in [0.25, 0.3) is 11.5 Å². The van der Waals surface area contributed by atoms with Crippen molar-refractivity contribution in [3.05, 3.63) is 101 Å². The van der Waals surface area contributed by atoms with Gasteiger partial charge in [-0.3, -0.25) is 14.2 Å².